The number of aromatic nitrogens is 1. The molecule has 0 radical (unpaired) electrons. The third kappa shape index (κ3) is 1.68. The summed E-state index contributed by atoms with van der Waals surface area (Å²) in [5.74, 6) is 0. The summed E-state index contributed by atoms with van der Waals surface area (Å²) >= 11 is 0. The first-order valence-corrected chi connectivity index (χ1v) is 6.74. The molecule has 0 N–H and O–H groups in total. The van der Waals surface area contributed by atoms with Crippen molar-refractivity contribution in [2.75, 3.05) is 0 Å². The molecule has 0 saturated heterocycles. The highest BCUT2D eigenvalue weighted by Crippen LogP contribution is 2.32. The molecule has 0 aliphatic rings. The third-order valence-electron chi connectivity index (χ3n) is 3.75. The molecule has 94 valence electrons. The smallest absolute Gasteiger partial charge is 0.0353 e. The van der Waals surface area contributed by atoms with Crippen molar-refractivity contribution in [2.45, 2.75) is 0 Å². The molecule has 4 aromatic rings. The number of nitrogens with zero attached hydrogens (tertiary/aromatic N) is 1. The van der Waals surface area contributed by atoms with Gasteiger partial charge in [-0.15, -0.1) is 0 Å². The van der Waals surface area contributed by atoms with Crippen LogP contribution >= 0.6 is 0 Å². The first kappa shape index (κ1) is 11.2. The highest BCUT2D eigenvalue weighted by atomic mass is 14.6. The van der Waals surface area contributed by atoms with Crippen LogP contribution in [0.3, 0.4) is 0 Å². The Labute approximate surface area is 117 Å². The first-order valence-electron chi connectivity index (χ1n) is 6.74. The molecule has 1 nitrogen and oxygen atoms in total. The fourth-order valence-corrected chi connectivity index (χ4v) is 2.79. The average molecular weight is 255 g/mol. The molecule has 20 heavy (non-hydrogen) atoms. The van der Waals surface area contributed by atoms with Gasteiger partial charge in [0.05, 0.1) is 0 Å². The Morgan fingerprint density at radius 1 is 0.500 bits per heavy atom. The summed E-state index contributed by atoms with van der Waals surface area (Å²) in [6, 6.07) is 23.3. The lowest BCUT2D eigenvalue weighted by atomic mass is 9.96. The van der Waals surface area contributed by atoms with E-state index in [2.05, 4.69) is 71.7 Å². The van der Waals surface area contributed by atoms with Crippen molar-refractivity contribution in [3.05, 3.63) is 79.1 Å². The molecule has 0 aliphatic carbocycles. The van der Waals surface area contributed by atoms with Crippen LogP contribution in [0.1, 0.15) is 0 Å². The Hall–Kier alpha value is -2.67. The Kier molecular flexibility index (Phi) is 2.49. The van der Waals surface area contributed by atoms with Gasteiger partial charge in [0, 0.05) is 23.3 Å². The largest absolute Gasteiger partial charge is 0.263 e. The van der Waals surface area contributed by atoms with Crippen molar-refractivity contribution in [3.63, 3.8) is 0 Å². The van der Waals surface area contributed by atoms with E-state index in [1.807, 2.05) is 12.4 Å². The van der Waals surface area contributed by atoms with E-state index in [4.69, 9.17) is 0 Å². The first-order chi connectivity index (χ1) is 9.93. The zero-order valence-electron chi connectivity index (χ0n) is 11.0. The van der Waals surface area contributed by atoms with E-state index in [9.17, 15) is 0 Å². The molecule has 0 atom stereocenters. The third-order valence-corrected chi connectivity index (χ3v) is 3.75. The van der Waals surface area contributed by atoms with Crippen LogP contribution < -0.4 is 0 Å². The normalized spacial score (nSPS) is 11.0. The predicted molar refractivity (Wildman–Crippen MR) is 84.7 cm³/mol. The summed E-state index contributed by atoms with van der Waals surface area (Å²) in [7, 11) is 0. The summed E-state index contributed by atoms with van der Waals surface area (Å²) in [6.45, 7) is 0. The van der Waals surface area contributed by atoms with Crippen LogP contribution in [0.4, 0.5) is 0 Å². The fourth-order valence-electron chi connectivity index (χ4n) is 2.79. The molecule has 0 saturated carbocycles. The van der Waals surface area contributed by atoms with Crippen molar-refractivity contribution in [2.24, 2.45) is 0 Å². The molecule has 3 aromatic carbocycles. The van der Waals surface area contributed by atoms with E-state index in [0.29, 0.717) is 0 Å². The SMILES string of the molecule is c1ccc2c(-c3cncc4ccccc34)cccc2c1. The highest BCUT2D eigenvalue weighted by molar-refractivity contribution is 6.04. The second-order valence-electron chi connectivity index (χ2n) is 4.93. The van der Waals surface area contributed by atoms with Gasteiger partial charge in [0.1, 0.15) is 0 Å². The Morgan fingerprint density at radius 2 is 1.15 bits per heavy atom. The van der Waals surface area contributed by atoms with Gasteiger partial charge in [0.15, 0.2) is 0 Å². The van der Waals surface area contributed by atoms with E-state index >= 15 is 0 Å². The van der Waals surface area contributed by atoms with Gasteiger partial charge in [0.2, 0.25) is 0 Å². The molecule has 0 amide bonds. The van der Waals surface area contributed by atoms with Gasteiger partial charge in [-0.25, -0.2) is 0 Å². The minimum absolute atomic E-state index is 1.18. The van der Waals surface area contributed by atoms with Crippen LogP contribution in [0, 0.1) is 0 Å². The van der Waals surface area contributed by atoms with Crippen LogP contribution in [-0.4, -0.2) is 4.98 Å². The molecule has 0 spiro atoms. The van der Waals surface area contributed by atoms with E-state index in [1.165, 1.54) is 32.7 Å². The molecule has 0 aliphatic heterocycles. The van der Waals surface area contributed by atoms with E-state index < -0.39 is 0 Å². The second kappa shape index (κ2) is 4.46. The maximum Gasteiger partial charge on any atom is 0.0353 e. The van der Waals surface area contributed by atoms with Gasteiger partial charge in [-0.2, -0.15) is 0 Å². The lowest BCUT2D eigenvalue weighted by Crippen LogP contribution is -1.85. The molecule has 0 bridgehead atoms. The van der Waals surface area contributed by atoms with Crippen molar-refractivity contribution < 1.29 is 0 Å². The van der Waals surface area contributed by atoms with Gasteiger partial charge in [-0.1, -0.05) is 66.7 Å². The van der Waals surface area contributed by atoms with E-state index in [0.717, 1.165) is 0 Å². The Morgan fingerprint density at radius 3 is 2.00 bits per heavy atom. The summed E-state index contributed by atoms with van der Waals surface area (Å²) in [5.41, 5.74) is 2.44. The molecule has 1 aromatic heterocycles. The maximum atomic E-state index is 4.40. The fraction of sp³-hybridized carbons (Fsp3) is 0. The highest BCUT2D eigenvalue weighted by Gasteiger charge is 2.07. The molecule has 0 fully saturated rings. The predicted octanol–water partition coefficient (Wildman–Crippen LogP) is 5.06. The quantitative estimate of drug-likeness (QED) is 0.463. The number of fused-ring (bicyclic) bond motifs is 2. The summed E-state index contributed by atoms with van der Waals surface area (Å²) in [5, 5.41) is 4.96. The molecule has 1 heteroatoms. The van der Waals surface area contributed by atoms with Crippen LogP contribution in [0.2, 0.25) is 0 Å². The van der Waals surface area contributed by atoms with E-state index in [1.54, 1.807) is 0 Å². The topological polar surface area (TPSA) is 12.9 Å². The van der Waals surface area contributed by atoms with Crippen molar-refractivity contribution in [3.8, 4) is 11.1 Å². The Bertz CT molecular complexity index is 821. The lowest BCUT2D eigenvalue weighted by Gasteiger charge is -2.09. The molecule has 1 heterocycles. The van der Waals surface area contributed by atoms with Gasteiger partial charge in [-0.05, 0) is 21.7 Å². The monoisotopic (exact) mass is 255 g/mol. The van der Waals surface area contributed by atoms with Gasteiger partial charge in [0.25, 0.3) is 0 Å². The molecule has 4 rings (SSSR count). The zero-order valence-corrected chi connectivity index (χ0v) is 11.0. The second-order valence-corrected chi connectivity index (χ2v) is 4.93. The summed E-state index contributed by atoms with van der Waals surface area (Å²) in [4.78, 5) is 4.40. The van der Waals surface area contributed by atoms with Gasteiger partial charge in [-0.3, -0.25) is 4.98 Å². The lowest BCUT2D eigenvalue weighted by molar-refractivity contribution is 1.36. The number of hydrogen-bond donors (Lipinski definition) is 0. The van der Waals surface area contributed by atoms with Crippen molar-refractivity contribution >= 4 is 21.5 Å². The summed E-state index contributed by atoms with van der Waals surface area (Å²) < 4.78 is 0. The average Bonchev–Trinajstić information content (AvgIpc) is 2.54. The standard InChI is InChI=1S/C19H13N/c1-3-9-16-14(6-1)8-5-11-18(16)19-13-20-12-15-7-2-4-10-17(15)19/h1-13H. The number of hydrogen-bond acceptors (Lipinski definition) is 1. The van der Waals surface area contributed by atoms with E-state index in [-0.39, 0.29) is 0 Å². The van der Waals surface area contributed by atoms with Crippen LogP contribution in [-0.2, 0) is 0 Å². The maximum absolute atomic E-state index is 4.40. The minimum Gasteiger partial charge on any atom is -0.263 e. The number of pyridine rings is 1. The zero-order chi connectivity index (χ0) is 13.4. The van der Waals surface area contributed by atoms with Crippen molar-refractivity contribution in [1.82, 2.24) is 4.98 Å². The van der Waals surface area contributed by atoms with Gasteiger partial charge < -0.3 is 0 Å². The summed E-state index contributed by atoms with van der Waals surface area (Å²) in [6.07, 6.45) is 3.88. The van der Waals surface area contributed by atoms with Crippen LogP contribution in [0.15, 0.2) is 79.1 Å². The molecular weight excluding hydrogens is 242 g/mol. The Balaban J connectivity index is 2.12. The minimum atomic E-state index is 1.18. The van der Waals surface area contributed by atoms with Crippen molar-refractivity contribution in [1.29, 1.82) is 0 Å². The number of rotatable bonds is 1. The van der Waals surface area contributed by atoms with Crippen LogP contribution in [0.5, 0.6) is 0 Å². The molecular formula is C19H13N. The van der Waals surface area contributed by atoms with Gasteiger partial charge >= 0.3 is 0 Å². The number of benzene rings is 3. The van der Waals surface area contributed by atoms with Crippen LogP contribution in [0.25, 0.3) is 32.7 Å². The molecule has 0 unspecified atom stereocenters.